The Hall–Kier alpha value is -1.55. The Morgan fingerprint density at radius 1 is 1.37 bits per heavy atom. The molecule has 0 aliphatic carbocycles. The molecule has 1 heterocycles. The number of benzene rings is 1. The van der Waals surface area contributed by atoms with E-state index in [1.807, 2.05) is 18.2 Å². The van der Waals surface area contributed by atoms with Crippen LogP contribution in [-0.4, -0.2) is 25.6 Å². The van der Waals surface area contributed by atoms with Gasteiger partial charge in [-0.15, -0.1) is 0 Å². The van der Waals surface area contributed by atoms with Crippen molar-refractivity contribution in [3.63, 3.8) is 0 Å². The highest BCUT2D eigenvalue weighted by Gasteiger charge is 2.29. The molecule has 2 N–H and O–H groups in total. The number of methoxy groups -OCH3 is 1. The van der Waals surface area contributed by atoms with E-state index in [2.05, 4.69) is 20.8 Å². The Morgan fingerprint density at radius 3 is 2.53 bits per heavy atom. The molecular weight excluding hydrogens is 240 g/mol. The monoisotopic (exact) mass is 262 g/mol. The number of hydrogen-bond acceptors (Lipinski definition) is 3. The molecule has 1 aliphatic heterocycles. The van der Waals surface area contributed by atoms with Gasteiger partial charge < -0.3 is 15.4 Å². The molecule has 1 aromatic carbocycles. The zero-order chi connectivity index (χ0) is 14.2. The summed E-state index contributed by atoms with van der Waals surface area (Å²) in [7, 11) is 1.67. The molecule has 19 heavy (non-hydrogen) atoms. The fraction of sp³-hybridized carbons (Fsp3) is 0.533. The van der Waals surface area contributed by atoms with Crippen LogP contribution in [0.15, 0.2) is 18.2 Å². The third kappa shape index (κ3) is 2.73. The molecule has 104 valence electrons. The molecule has 2 rings (SSSR count). The van der Waals surface area contributed by atoms with Crippen molar-refractivity contribution in [2.75, 3.05) is 18.6 Å². The summed E-state index contributed by atoms with van der Waals surface area (Å²) < 4.78 is 5.41. The number of amides is 1. The van der Waals surface area contributed by atoms with E-state index in [1.165, 1.54) is 0 Å². The first-order chi connectivity index (χ1) is 8.82. The van der Waals surface area contributed by atoms with Crippen LogP contribution in [-0.2, 0) is 10.2 Å². The van der Waals surface area contributed by atoms with Crippen molar-refractivity contribution in [2.45, 2.75) is 38.6 Å². The van der Waals surface area contributed by atoms with E-state index in [-0.39, 0.29) is 17.4 Å². The maximum absolute atomic E-state index is 11.9. The molecule has 0 aromatic heterocycles. The lowest BCUT2D eigenvalue weighted by molar-refractivity contribution is -0.117. The molecule has 1 fully saturated rings. The topological polar surface area (TPSA) is 55.6 Å². The molecule has 0 spiro atoms. The Balaban J connectivity index is 2.41. The maximum atomic E-state index is 11.9. The van der Waals surface area contributed by atoms with Crippen LogP contribution in [0.5, 0.6) is 5.75 Å². The van der Waals surface area contributed by atoms with Gasteiger partial charge in [-0.1, -0.05) is 20.8 Å². The molecule has 1 aromatic rings. The predicted molar refractivity (Wildman–Crippen MR) is 76.6 cm³/mol. The molecule has 1 aliphatic rings. The zero-order valence-electron chi connectivity index (χ0n) is 12.1. The minimum absolute atomic E-state index is 0.0355. The van der Waals surface area contributed by atoms with Gasteiger partial charge in [-0.05, 0) is 23.6 Å². The fourth-order valence-electron chi connectivity index (χ4n) is 2.43. The van der Waals surface area contributed by atoms with Crippen LogP contribution in [0.1, 0.15) is 32.8 Å². The number of nitrogens with two attached hydrogens (primary N) is 1. The molecule has 0 saturated carbocycles. The lowest BCUT2D eigenvalue weighted by Crippen LogP contribution is -2.28. The summed E-state index contributed by atoms with van der Waals surface area (Å²) in [4.78, 5) is 13.7. The summed E-state index contributed by atoms with van der Waals surface area (Å²) in [5.74, 6) is 0.949. The van der Waals surface area contributed by atoms with Gasteiger partial charge in [0.2, 0.25) is 5.91 Å². The highest BCUT2D eigenvalue weighted by Crippen LogP contribution is 2.35. The van der Waals surface area contributed by atoms with Gasteiger partial charge in [-0.25, -0.2) is 0 Å². The first-order valence-corrected chi connectivity index (χ1v) is 6.57. The van der Waals surface area contributed by atoms with Gasteiger partial charge >= 0.3 is 0 Å². The average Bonchev–Trinajstić information content (AvgIpc) is 2.66. The van der Waals surface area contributed by atoms with E-state index in [4.69, 9.17) is 10.5 Å². The molecule has 0 radical (unpaired) electrons. The SMILES string of the molecule is COc1ccc(N2CC(N)CC2=O)cc1C(C)(C)C. The normalized spacial score (nSPS) is 19.9. The average molecular weight is 262 g/mol. The minimum Gasteiger partial charge on any atom is -0.496 e. The Morgan fingerprint density at radius 2 is 2.05 bits per heavy atom. The molecule has 1 saturated heterocycles. The minimum atomic E-state index is -0.0623. The van der Waals surface area contributed by atoms with Crippen LogP contribution in [0.25, 0.3) is 0 Å². The largest absolute Gasteiger partial charge is 0.496 e. The van der Waals surface area contributed by atoms with Gasteiger partial charge in [0.15, 0.2) is 0 Å². The van der Waals surface area contributed by atoms with Crippen molar-refractivity contribution in [2.24, 2.45) is 5.73 Å². The van der Waals surface area contributed by atoms with Crippen LogP contribution < -0.4 is 15.4 Å². The highest BCUT2D eigenvalue weighted by molar-refractivity contribution is 5.96. The van der Waals surface area contributed by atoms with Crippen molar-refractivity contribution in [3.05, 3.63) is 23.8 Å². The summed E-state index contributed by atoms with van der Waals surface area (Å²) in [6.07, 6.45) is 0.427. The van der Waals surface area contributed by atoms with Gasteiger partial charge in [0.05, 0.1) is 7.11 Å². The van der Waals surface area contributed by atoms with E-state index >= 15 is 0 Å². The second kappa shape index (κ2) is 4.85. The fourth-order valence-corrected chi connectivity index (χ4v) is 2.43. The summed E-state index contributed by atoms with van der Waals surface area (Å²) in [6, 6.07) is 5.82. The van der Waals surface area contributed by atoms with Crippen molar-refractivity contribution in [3.8, 4) is 5.75 Å². The third-order valence-electron chi connectivity index (χ3n) is 3.46. The predicted octanol–water partition coefficient (Wildman–Crippen LogP) is 2.06. The van der Waals surface area contributed by atoms with Gasteiger partial charge in [-0.2, -0.15) is 0 Å². The lowest BCUT2D eigenvalue weighted by atomic mass is 9.86. The molecule has 0 bridgehead atoms. The van der Waals surface area contributed by atoms with Crippen LogP contribution >= 0.6 is 0 Å². The number of anilines is 1. The van der Waals surface area contributed by atoms with Crippen LogP contribution in [0.2, 0.25) is 0 Å². The Kier molecular flexibility index (Phi) is 3.54. The number of rotatable bonds is 2. The molecular formula is C15H22N2O2. The van der Waals surface area contributed by atoms with Crippen molar-refractivity contribution < 1.29 is 9.53 Å². The van der Waals surface area contributed by atoms with Crippen molar-refractivity contribution in [1.82, 2.24) is 0 Å². The van der Waals surface area contributed by atoms with Crippen LogP contribution in [0, 0.1) is 0 Å². The van der Waals surface area contributed by atoms with Crippen LogP contribution in [0.4, 0.5) is 5.69 Å². The first-order valence-electron chi connectivity index (χ1n) is 6.57. The first kappa shape index (κ1) is 13.9. The summed E-state index contributed by atoms with van der Waals surface area (Å²) >= 11 is 0. The van der Waals surface area contributed by atoms with Gasteiger partial charge in [0.1, 0.15) is 5.75 Å². The van der Waals surface area contributed by atoms with E-state index in [1.54, 1.807) is 12.0 Å². The molecule has 1 unspecified atom stereocenters. The number of hydrogen-bond donors (Lipinski definition) is 1. The van der Waals surface area contributed by atoms with E-state index in [0.717, 1.165) is 17.0 Å². The van der Waals surface area contributed by atoms with Gasteiger partial charge in [0, 0.05) is 30.3 Å². The zero-order valence-corrected chi connectivity index (χ0v) is 12.1. The Labute approximate surface area is 114 Å². The number of ether oxygens (including phenoxy) is 1. The smallest absolute Gasteiger partial charge is 0.228 e. The molecule has 1 atom stereocenters. The van der Waals surface area contributed by atoms with E-state index < -0.39 is 0 Å². The molecule has 4 heteroatoms. The molecule has 4 nitrogen and oxygen atoms in total. The second-order valence-corrected chi connectivity index (χ2v) is 6.10. The summed E-state index contributed by atoms with van der Waals surface area (Å²) in [6.45, 7) is 6.99. The van der Waals surface area contributed by atoms with E-state index in [0.29, 0.717) is 13.0 Å². The number of nitrogens with zero attached hydrogens (tertiary/aromatic N) is 1. The van der Waals surface area contributed by atoms with Crippen molar-refractivity contribution in [1.29, 1.82) is 0 Å². The third-order valence-corrected chi connectivity index (χ3v) is 3.46. The van der Waals surface area contributed by atoms with Crippen LogP contribution in [0.3, 0.4) is 0 Å². The van der Waals surface area contributed by atoms with Gasteiger partial charge in [0.25, 0.3) is 0 Å². The van der Waals surface area contributed by atoms with E-state index in [9.17, 15) is 4.79 Å². The molecule has 1 amide bonds. The lowest BCUT2D eigenvalue weighted by Gasteiger charge is -2.25. The maximum Gasteiger partial charge on any atom is 0.228 e. The standard InChI is InChI=1S/C15H22N2O2/c1-15(2,3)12-8-11(5-6-13(12)19-4)17-9-10(16)7-14(17)18/h5-6,8,10H,7,9,16H2,1-4H3. The second-order valence-electron chi connectivity index (χ2n) is 6.10. The Bertz CT molecular complexity index is 491. The quantitative estimate of drug-likeness (QED) is 0.887. The number of carbonyl (C=O) groups is 1. The summed E-state index contributed by atoms with van der Waals surface area (Å²) in [5, 5.41) is 0. The van der Waals surface area contributed by atoms with Crippen molar-refractivity contribution >= 4 is 11.6 Å². The highest BCUT2D eigenvalue weighted by atomic mass is 16.5. The summed E-state index contributed by atoms with van der Waals surface area (Å²) in [5.41, 5.74) is 7.81. The van der Waals surface area contributed by atoms with Gasteiger partial charge in [-0.3, -0.25) is 4.79 Å². The number of carbonyl (C=O) groups excluding carboxylic acids is 1.